The van der Waals surface area contributed by atoms with Crippen LogP contribution in [0.2, 0.25) is 0 Å². The maximum atomic E-state index is 12.3. The van der Waals surface area contributed by atoms with E-state index in [1.54, 1.807) is 36.4 Å². The Morgan fingerprint density at radius 1 is 1.04 bits per heavy atom. The molecule has 138 valence electrons. The Labute approximate surface area is 155 Å². The molecule has 0 radical (unpaired) electrons. The summed E-state index contributed by atoms with van der Waals surface area (Å²) in [5.41, 5.74) is 2.51. The second kappa shape index (κ2) is 7.11. The zero-order valence-electron chi connectivity index (χ0n) is 14.6. The average Bonchev–Trinajstić information content (AvgIpc) is 3.40. The van der Waals surface area contributed by atoms with Gasteiger partial charge in [-0.05, 0) is 42.7 Å². The number of aromatic nitrogens is 1. The lowest BCUT2D eigenvalue weighted by Gasteiger charge is -2.07. The molecule has 4 rings (SSSR count). The van der Waals surface area contributed by atoms with Crippen LogP contribution >= 0.6 is 0 Å². The van der Waals surface area contributed by atoms with Gasteiger partial charge in [0, 0.05) is 11.7 Å². The maximum Gasteiger partial charge on any atom is 0.420 e. The normalized spacial score (nSPS) is 13.5. The number of hydrogen-bond donors (Lipinski definition) is 2. The fraction of sp³-hybridized carbons (Fsp3) is 0.250. The summed E-state index contributed by atoms with van der Waals surface area (Å²) in [4.78, 5) is 36.0. The lowest BCUT2D eigenvalue weighted by atomic mass is 10.1. The van der Waals surface area contributed by atoms with Crippen molar-refractivity contribution < 1.29 is 14.0 Å². The number of oxazole rings is 1. The van der Waals surface area contributed by atoms with Crippen molar-refractivity contribution in [3.63, 3.8) is 0 Å². The molecule has 1 aromatic heterocycles. The molecule has 1 aliphatic rings. The van der Waals surface area contributed by atoms with Crippen LogP contribution < -0.4 is 16.4 Å². The zero-order chi connectivity index (χ0) is 18.8. The highest BCUT2D eigenvalue weighted by atomic mass is 16.4. The van der Waals surface area contributed by atoms with Gasteiger partial charge in [0.05, 0.1) is 11.9 Å². The van der Waals surface area contributed by atoms with E-state index >= 15 is 0 Å². The van der Waals surface area contributed by atoms with Gasteiger partial charge in [0.25, 0.3) is 0 Å². The molecule has 2 aromatic carbocycles. The molecule has 1 aliphatic carbocycles. The van der Waals surface area contributed by atoms with Crippen molar-refractivity contribution in [2.45, 2.75) is 31.8 Å². The molecule has 0 spiro atoms. The van der Waals surface area contributed by atoms with E-state index < -0.39 is 5.76 Å². The first-order chi connectivity index (χ1) is 13.1. The first kappa shape index (κ1) is 17.1. The van der Waals surface area contributed by atoms with Gasteiger partial charge in [-0.2, -0.15) is 0 Å². The lowest BCUT2D eigenvalue weighted by Crippen LogP contribution is -2.27. The van der Waals surface area contributed by atoms with Gasteiger partial charge >= 0.3 is 5.76 Å². The van der Waals surface area contributed by atoms with Gasteiger partial charge in [-0.1, -0.05) is 24.3 Å². The monoisotopic (exact) mass is 365 g/mol. The van der Waals surface area contributed by atoms with Crippen molar-refractivity contribution in [2.24, 2.45) is 0 Å². The Morgan fingerprint density at radius 2 is 1.78 bits per heavy atom. The Balaban J connectivity index is 1.38. The van der Waals surface area contributed by atoms with Crippen LogP contribution in [-0.2, 0) is 22.6 Å². The number of carbonyl (C=O) groups is 2. The molecular formula is C20H19N3O4. The van der Waals surface area contributed by atoms with Gasteiger partial charge in [-0.15, -0.1) is 0 Å². The third kappa shape index (κ3) is 4.08. The summed E-state index contributed by atoms with van der Waals surface area (Å²) in [5.74, 6) is -0.883. The number of anilines is 1. The van der Waals surface area contributed by atoms with Gasteiger partial charge in [0.2, 0.25) is 11.8 Å². The lowest BCUT2D eigenvalue weighted by molar-refractivity contribution is -0.120. The van der Waals surface area contributed by atoms with Crippen molar-refractivity contribution in [1.29, 1.82) is 0 Å². The van der Waals surface area contributed by atoms with E-state index in [9.17, 15) is 14.4 Å². The maximum absolute atomic E-state index is 12.3. The van der Waals surface area contributed by atoms with Crippen LogP contribution in [0, 0.1) is 0 Å². The summed E-state index contributed by atoms with van der Waals surface area (Å²) in [5, 5.41) is 5.70. The van der Waals surface area contributed by atoms with Crippen LogP contribution in [0.25, 0.3) is 11.1 Å². The predicted octanol–water partition coefficient (Wildman–Crippen LogP) is 2.05. The number of fused-ring (bicyclic) bond motifs is 1. The minimum atomic E-state index is -0.566. The molecule has 3 aromatic rings. The molecule has 0 unspecified atom stereocenters. The predicted molar refractivity (Wildman–Crippen MR) is 100 cm³/mol. The third-order valence-electron chi connectivity index (χ3n) is 4.42. The second-order valence-corrected chi connectivity index (χ2v) is 6.69. The molecule has 0 saturated heterocycles. The van der Waals surface area contributed by atoms with Crippen LogP contribution in [-0.4, -0.2) is 22.4 Å². The highest BCUT2D eigenvalue weighted by molar-refractivity contribution is 5.91. The van der Waals surface area contributed by atoms with Crippen LogP contribution in [0.4, 0.5) is 5.69 Å². The van der Waals surface area contributed by atoms with E-state index in [0.29, 0.717) is 29.2 Å². The number of carbonyl (C=O) groups excluding carboxylic acids is 2. The smallest absolute Gasteiger partial charge is 0.408 e. The third-order valence-corrected chi connectivity index (χ3v) is 4.42. The molecule has 7 nitrogen and oxygen atoms in total. The fourth-order valence-electron chi connectivity index (χ4n) is 2.91. The number of benzene rings is 2. The Morgan fingerprint density at radius 3 is 2.52 bits per heavy atom. The number of amides is 2. The second-order valence-electron chi connectivity index (χ2n) is 6.69. The highest BCUT2D eigenvalue weighted by Gasteiger charge is 2.23. The SMILES string of the molecule is O=C(Cn1c(=O)oc2ccccc21)Nc1ccc(CC(=O)NC2CC2)cc1. The van der Waals surface area contributed by atoms with Crippen LogP contribution in [0.1, 0.15) is 18.4 Å². The van der Waals surface area contributed by atoms with Crippen molar-refractivity contribution in [3.05, 3.63) is 64.6 Å². The van der Waals surface area contributed by atoms with Gasteiger partial charge in [-0.25, -0.2) is 4.79 Å². The van der Waals surface area contributed by atoms with Crippen LogP contribution in [0.5, 0.6) is 0 Å². The molecule has 27 heavy (non-hydrogen) atoms. The number of nitrogens with zero attached hydrogens (tertiary/aromatic N) is 1. The summed E-state index contributed by atoms with van der Waals surface area (Å²) in [7, 11) is 0. The van der Waals surface area contributed by atoms with E-state index in [1.807, 2.05) is 12.1 Å². The molecule has 1 heterocycles. The fourth-order valence-corrected chi connectivity index (χ4v) is 2.91. The number of hydrogen-bond acceptors (Lipinski definition) is 4. The van der Waals surface area contributed by atoms with E-state index in [-0.39, 0.29) is 18.4 Å². The first-order valence-corrected chi connectivity index (χ1v) is 8.85. The van der Waals surface area contributed by atoms with Gasteiger partial charge in [-0.3, -0.25) is 14.2 Å². The summed E-state index contributed by atoms with van der Waals surface area (Å²) in [6, 6.07) is 14.4. The molecule has 1 fully saturated rings. The molecule has 0 bridgehead atoms. The van der Waals surface area contributed by atoms with Gasteiger partial charge in [0.15, 0.2) is 5.58 Å². The van der Waals surface area contributed by atoms with Crippen LogP contribution in [0.15, 0.2) is 57.7 Å². The molecule has 0 aliphatic heterocycles. The average molecular weight is 365 g/mol. The highest BCUT2D eigenvalue weighted by Crippen LogP contribution is 2.19. The number of nitrogens with one attached hydrogen (secondary N) is 2. The first-order valence-electron chi connectivity index (χ1n) is 8.85. The summed E-state index contributed by atoms with van der Waals surface area (Å²) in [6.45, 7) is -0.138. The van der Waals surface area contributed by atoms with Crippen molar-refractivity contribution >= 4 is 28.6 Å². The van der Waals surface area contributed by atoms with Crippen molar-refractivity contribution in [3.8, 4) is 0 Å². The molecule has 2 N–H and O–H groups in total. The minimum absolute atomic E-state index is 0.0143. The van der Waals surface area contributed by atoms with Crippen LogP contribution in [0.3, 0.4) is 0 Å². The zero-order valence-corrected chi connectivity index (χ0v) is 14.6. The molecule has 2 amide bonds. The number of rotatable bonds is 6. The molecule has 0 atom stereocenters. The quantitative estimate of drug-likeness (QED) is 0.699. The van der Waals surface area contributed by atoms with E-state index in [2.05, 4.69) is 10.6 Å². The minimum Gasteiger partial charge on any atom is -0.408 e. The van der Waals surface area contributed by atoms with E-state index in [1.165, 1.54) is 4.57 Å². The number of para-hydroxylation sites is 2. The largest absolute Gasteiger partial charge is 0.420 e. The van der Waals surface area contributed by atoms with Crippen molar-refractivity contribution in [2.75, 3.05) is 5.32 Å². The van der Waals surface area contributed by atoms with E-state index in [0.717, 1.165) is 18.4 Å². The summed E-state index contributed by atoms with van der Waals surface area (Å²) >= 11 is 0. The van der Waals surface area contributed by atoms with Crippen molar-refractivity contribution in [1.82, 2.24) is 9.88 Å². The molecular weight excluding hydrogens is 346 g/mol. The Bertz CT molecular complexity index is 1050. The topological polar surface area (TPSA) is 93.3 Å². The molecule has 1 saturated carbocycles. The summed E-state index contributed by atoms with van der Waals surface area (Å²) in [6.07, 6.45) is 2.44. The standard InChI is InChI=1S/C20H19N3O4/c24-18(21-15-9-10-15)11-13-5-7-14(8-6-13)22-19(25)12-23-16-3-1-2-4-17(16)27-20(23)26/h1-8,15H,9-12H2,(H,21,24)(H,22,25). The molecule has 7 heteroatoms. The van der Waals surface area contributed by atoms with Gasteiger partial charge in [0.1, 0.15) is 6.54 Å². The Hall–Kier alpha value is -3.35. The Kier molecular flexibility index (Phi) is 4.50. The van der Waals surface area contributed by atoms with Gasteiger partial charge < -0.3 is 15.1 Å². The van der Waals surface area contributed by atoms with E-state index in [4.69, 9.17) is 4.42 Å². The summed E-state index contributed by atoms with van der Waals surface area (Å²) < 4.78 is 6.42.